The van der Waals surface area contributed by atoms with Crippen molar-refractivity contribution < 1.29 is 9.53 Å². The van der Waals surface area contributed by atoms with E-state index in [9.17, 15) is 4.79 Å². The summed E-state index contributed by atoms with van der Waals surface area (Å²) in [4.78, 5) is 17.1. The summed E-state index contributed by atoms with van der Waals surface area (Å²) in [5.41, 5.74) is 3.32. The van der Waals surface area contributed by atoms with Crippen molar-refractivity contribution in [2.75, 3.05) is 33.8 Å². The highest BCUT2D eigenvalue weighted by molar-refractivity contribution is 5.75. The molecule has 1 N–H and O–H groups in total. The zero-order valence-electron chi connectivity index (χ0n) is 15.7. The summed E-state index contributed by atoms with van der Waals surface area (Å²) in [5.74, 6) is 0.864. The van der Waals surface area contributed by atoms with Crippen LogP contribution in [0.5, 0.6) is 5.75 Å². The molecular weight excluding hydrogens is 326 g/mol. The van der Waals surface area contributed by atoms with Gasteiger partial charge >= 0.3 is 6.03 Å². The Labute approximate surface area is 155 Å². The van der Waals surface area contributed by atoms with E-state index in [0.29, 0.717) is 6.54 Å². The maximum Gasteiger partial charge on any atom is 0.318 e. The summed E-state index contributed by atoms with van der Waals surface area (Å²) in [6.07, 6.45) is 0. The minimum absolute atomic E-state index is 0.0135. The van der Waals surface area contributed by atoms with E-state index in [1.807, 2.05) is 42.2 Å². The van der Waals surface area contributed by atoms with Gasteiger partial charge in [-0.25, -0.2) is 4.79 Å². The monoisotopic (exact) mass is 353 g/mol. The highest BCUT2D eigenvalue weighted by Crippen LogP contribution is 2.25. The highest BCUT2D eigenvalue weighted by atomic mass is 16.5. The number of likely N-dealkylation sites (N-methyl/N-ethyl adjacent to an activating group) is 1. The predicted octanol–water partition coefficient (Wildman–Crippen LogP) is 3.20. The Kier molecular flexibility index (Phi) is 5.78. The zero-order chi connectivity index (χ0) is 18.5. The number of rotatable bonds is 4. The molecular formula is C21H27N3O2. The molecule has 2 aromatic rings. The number of nitrogens with zero attached hydrogens (tertiary/aromatic N) is 2. The molecule has 5 heteroatoms. The lowest BCUT2D eigenvalue weighted by molar-refractivity contribution is 0.108. The maximum atomic E-state index is 12.8. The smallest absolute Gasteiger partial charge is 0.318 e. The number of amides is 2. The van der Waals surface area contributed by atoms with Crippen molar-refractivity contribution >= 4 is 6.03 Å². The minimum atomic E-state index is -0.0135. The Morgan fingerprint density at radius 3 is 2.65 bits per heavy atom. The second-order valence-corrected chi connectivity index (χ2v) is 6.84. The summed E-state index contributed by atoms with van der Waals surface area (Å²) in [7, 11) is 3.77. The van der Waals surface area contributed by atoms with Crippen molar-refractivity contribution in [3.63, 3.8) is 0 Å². The van der Waals surface area contributed by atoms with E-state index >= 15 is 0 Å². The van der Waals surface area contributed by atoms with E-state index in [4.69, 9.17) is 4.74 Å². The average molecular weight is 353 g/mol. The van der Waals surface area contributed by atoms with Crippen LogP contribution < -0.4 is 10.1 Å². The Morgan fingerprint density at radius 1 is 1.19 bits per heavy atom. The van der Waals surface area contributed by atoms with Crippen LogP contribution in [-0.4, -0.2) is 49.6 Å². The molecule has 1 saturated heterocycles. The fourth-order valence-electron chi connectivity index (χ4n) is 3.45. The third-order valence-electron chi connectivity index (χ3n) is 4.93. The fourth-order valence-corrected chi connectivity index (χ4v) is 3.45. The first-order valence-corrected chi connectivity index (χ1v) is 9.00. The van der Waals surface area contributed by atoms with Crippen LogP contribution in [0.2, 0.25) is 0 Å². The van der Waals surface area contributed by atoms with E-state index in [1.54, 1.807) is 7.11 Å². The van der Waals surface area contributed by atoms with Crippen molar-refractivity contribution in [1.29, 1.82) is 0 Å². The molecule has 1 atom stereocenters. The van der Waals surface area contributed by atoms with Crippen molar-refractivity contribution in [3.8, 4) is 5.75 Å². The Bertz CT molecular complexity index is 748. The number of hydrogen-bond donors (Lipinski definition) is 1. The van der Waals surface area contributed by atoms with Gasteiger partial charge < -0.3 is 19.9 Å². The van der Waals surface area contributed by atoms with Gasteiger partial charge in [0.15, 0.2) is 0 Å². The number of piperazine rings is 1. The number of carbonyl (C=O) groups excluding carboxylic acids is 1. The molecule has 2 aromatic carbocycles. The first-order valence-electron chi connectivity index (χ1n) is 9.00. The van der Waals surface area contributed by atoms with Gasteiger partial charge in [0.1, 0.15) is 5.75 Å². The molecule has 1 unspecified atom stereocenters. The van der Waals surface area contributed by atoms with E-state index in [2.05, 4.69) is 35.5 Å². The predicted molar refractivity (Wildman–Crippen MR) is 103 cm³/mol. The molecule has 0 saturated carbocycles. The van der Waals surface area contributed by atoms with Crippen LogP contribution in [0.15, 0.2) is 48.5 Å². The van der Waals surface area contributed by atoms with Crippen LogP contribution in [0.3, 0.4) is 0 Å². The lowest BCUT2D eigenvalue weighted by Gasteiger charge is -2.40. The third-order valence-corrected chi connectivity index (χ3v) is 4.93. The highest BCUT2D eigenvalue weighted by Gasteiger charge is 2.30. The molecule has 0 bridgehead atoms. The summed E-state index contributed by atoms with van der Waals surface area (Å²) in [6, 6.07) is 16.3. The Hall–Kier alpha value is -2.53. The number of urea groups is 1. The molecule has 1 heterocycles. The van der Waals surface area contributed by atoms with Crippen LogP contribution in [0, 0.1) is 6.92 Å². The number of methoxy groups -OCH3 is 1. The summed E-state index contributed by atoms with van der Waals surface area (Å²) < 4.78 is 5.29. The largest absolute Gasteiger partial charge is 0.496 e. The van der Waals surface area contributed by atoms with Crippen LogP contribution >= 0.6 is 0 Å². The zero-order valence-corrected chi connectivity index (χ0v) is 15.7. The lowest BCUT2D eigenvalue weighted by Crippen LogP contribution is -2.52. The number of aryl methyl sites for hydroxylation is 1. The molecule has 26 heavy (non-hydrogen) atoms. The third kappa shape index (κ3) is 4.17. The topological polar surface area (TPSA) is 44.8 Å². The molecule has 5 nitrogen and oxygen atoms in total. The molecule has 0 aromatic heterocycles. The molecule has 2 amide bonds. The second-order valence-electron chi connectivity index (χ2n) is 6.84. The van der Waals surface area contributed by atoms with E-state index < -0.39 is 0 Å². The standard InChI is InChI=1S/C21H27N3O2/c1-16-13-17(9-10-20(16)26-3)14-22-21(25)24-12-11-23(2)15-19(24)18-7-5-4-6-8-18/h4-10,13,19H,11-12,14-15H2,1-3H3,(H,22,25). The normalized spacial score (nSPS) is 17.8. The molecule has 0 spiro atoms. The molecule has 1 fully saturated rings. The second kappa shape index (κ2) is 8.23. The van der Waals surface area contributed by atoms with Crippen molar-refractivity contribution in [3.05, 3.63) is 65.2 Å². The van der Waals surface area contributed by atoms with Crippen LogP contribution in [-0.2, 0) is 6.54 Å². The van der Waals surface area contributed by atoms with Gasteiger partial charge in [-0.15, -0.1) is 0 Å². The van der Waals surface area contributed by atoms with Crippen LogP contribution in [0.25, 0.3) is 0 Å². The van der Waals surface area contributed by atoms with Gasteiger partial charge in [0.25, 0.3) is 0 Å². The van der Waals surface area contributed by atoms with E-state index in [1.165, 1.54) is 5.56 Å². The van der Waals surface area contributed by atoms with Gasteiger partial charge in [-0.05, 0) is 36.7 Å². The van der Waals surface area contributed by atoms with Crippen LogP contribution in [0.1, 0.15) is 22.7 Å². The molecule has 3 rings (SSSR count). The maximum absolute atomic E-state index is 12.8. The lowest BCUT2D eigenvalue weighted by atomic mass is 10.0. The number of nitrogens with one attached hydrogen (secondary N) is 1. The number of hydrogen-bond acceptors (Lipinski definition) is 3. The van der Waals surface area contributed by atoms with E-state index in [-0.39, 0.29) is 12.1 Å². The SMILES string of the molecule is COc1ccc(CNC(=O)N2CCN(C)CC2c2ccccc2)cc1C. The van der Waals surface area contributed by atoms with Gasteiger partial charge in [-0.3, -0.25) is 0 Å². The quantitative estimate of drug-likeness (QED) is 0.918. The summed E-state index contributed by atoms with van der Waals surface area (Å²) >= 11 is 0. The number of ether oxygens (including phenoxy) is 1. The summed E-state index contributed by atoms with van der Waals surface area (Å²) in [6.45, 7) is 4.98. The first kappa shape index (κ1) is 18.3. The van der Waals surface area contributed by atoms with Gasteiger partial charge in [0, 0.05) is 26.2 Å². The first-order chi connectivity index (χ1) is 12.6. The van der Waals surface area contributed by atoms with Gasteiger partial charge in [-0.1, -0.05) is 42.5 Å². The molecule has 1 aliphatic heterocycles. The Balaban J connectivity index is 1.68. The van der Waals surface area contributed by atoms with Crippen LogP contribution in [0.4, 0.5) is 4.79 Å². The molecule has 0 radical (unpaired) electrons. The van der Waals surface area contributed by atoms with Gasteiger partial charge in [0.2, 0.25) is 0 Å². The average Bonchev–Trinajstić information content (AvgIpc) is 2.67. The number of carbonyl (C=O) groups is 1. The van der Waals surface area contributed by atoms with Crippen molar-refractivity contribution in [1.82, 2.24) is 15.1 Å². The van der Waals surface area contributed by atoms with Gasteiger partial charge in [-0.2, -0.15) is 0 Å². The van der Waals surface area contributed by atoms with Crippen molar-refractivity contribution in [2.24, 2.45) is 0 Å². The summed E-state index contributed by atoms with van der Waals surface area (Å²) in [5, 5.41) is 3.08. The van der Waals surface area contributed by atoms with Crippen molar-refractivity contribution in [2.45, 2.75) is 19.5 Å². The molecule has 1 aliphatic rings. The minimum Gasteiger partial charge on any atom is -0.496 e. The van der Waals surface area contributed by atoms with Gasteiger partial charge in [0.05, 0.1) is 13.2 Å². The molecule has 0 aliphatic carbocycles. The van der Waals surface area contributed by atoms with E-state index in [0.717, 1.165) is 36.5 Å². The number of benzene rings is 2. The molecule has 138 valence electrons. The fraction of sp³-hybridized carbons (Fsp3) is 0.381. The Morgan fingerprint density at radius 2 is 1.96 bits per heavy atom.